The van der Waals surface area contributed by atoms with Crippen LogP contribution in [0.1, 0.15) is 0 Å². The van der Waals surface area contributed by atoms with Gasteiger partial charge in [-0.25, -0.2) is 15.0 Å². The van der Waals surface area contributed by atoms with Gasteiger partial charge in [0.1, 0.15) is 11.2 Å². The van der Waals surface area contributed by atoms with Crippen molar-refractivity contribution in [1.29, 1.82) is 0 Å². The average molecular weight is 617 g/mol. The summed E-state index contributed by atoms with van der Waals surface area (Å²) in [4.78, 5) is 17.5. The predicted octanol–water partition coefficient (Wildman–Crippen LogP) is 11.4. The highest BCUT2D eigenvalue weighted by Gasteiger charge is 2.23. The minimum Gasteiger partial charge on any atom is -0.455 e. The van der Waals surface area contributed by atoms with Crippen LogP contribution in [0.25, 0.3) is 66.9 Å². The van der Waals surface area contributed by atoms with Crippen LogP contribution in [0.4, 0.5) is 17.1 Å². The lowest BCUT2D eigenvalue weighted by molar-refractivity contribution is 0.672. The van der Waals surface area contributed by atoms with E-state index in [0.717, 1.165) is 66.5 Å². The third kappa shape index (κ3) is 4.77. The summed E-state index contributed by atoms with van der Waals surface area (Å²) in [6.45, 7) is 0. The molecule has 2 aromatic heterocycles. The van der Waals surface area contributed by atoms with Gasteiger partial charge in [-0.15, -0.1) is 0 Å². The van der Waals surface area contributed by atoms with Gasteiger partial charge in [0.05, 0.1) is 5.69 Å². The highest BCUT2D eigenvalue weighted by atomic mass is 16.3. The van der Waals surface area contributed by atoms with Crippen molar-refractivity contribution in [2.45, 2.75) is 0 Å². The molecular weight excluding hydrogens is 589 g/mol. The Labute approximate surface area is 277 Å². The van der Waals surface area contributed by atoms with Crippen LogP contribution in [-0.2, 0) is 0 Å². The van der Waals surface area contributed by atoms with Gasteiger partial charge in [0.25, 0.3) is 0 Å². The van der Waals surface area contributed by atoms with Crippen LogP contribution in [0.15, 0.2) is 174 Å². The van der Waals surface area contributed by atoms with Gasteiger partial charge in [-0.2, -0.15) is 0 Å². The Morgan fingerprint density at radius 3 is 1.52 bits per heavy atom. The standard InChI is InChI=1S/C43H28N4O/c1-5-16-29(17-6-1)41-44-42(30-18-7-2-8-19-30)46-43(45-41)35-26-15-25-34-37(28-36-33-24-13-14-27-38(33)48-40(36)39(34)35)47(31-20-9-3-10-21-31)32-22-11-4-12-23-32/h1-28H. The summed E-state index contributed by atoms with van der Waals surface area (Å²) in [5.41, 5.74) is 7.49. The lowest BCUT2D eigenvalue weighted by Crippen LogP contribution is -2.10. The molecule has 0 atom stereocenters. The third-order valence-corrected chi connectivity index (χ3v) is 8.69. The van der Waals surface area contributed by atoms with Crippen molar-refractivity contribution in [3.05, 3.63) is 170 Å². The third-order valence-electron chi connectivity index (χ3n) is 8.69. The number of para-hydroxylation sites is 3. The average Bonchev–Trinajstić information content (AvgIpc) is 3.55. The Balaban J connectivity index is 1.40. The smallest absolute Gasteiger partial charge is 0.164 e. The molecule has 0 radical (unpaired) electrons. The first-order valence-corrected chi connectivity index (χ1v) is 16.0. The molecule has 0 aliphatic rings. The number of nitrogens with zero attached hydrogens (tertiary/aromatic N) is 4. The number of benzene rings is 7. The predicted molar refractivity (Wildman–Crippen MR) is 196 cm³/mol. The molecule has 7 aromatic carbocycles. The van der Waals surface area contributed by atoms with Crippen LogP contribution in [0.3, 0.4) is 0 Å². The van der Waals surface area contributed by atoms with Gasteiger partial charge >= 0.3 is 0 Å². The van der Waals surface area contributed by atoms with Gasteiger partial charge in [-0.05, 0) is 36.4 Å². The molecule has 5 heteroatoms. The maximum atomic E-state index is 6.71. The van der Waals surface area contributed by atoms with Gasteiger partial charge in [-0.1, -0.05) is 133 Å². The summed E-state index contributed by atoms with van der Waals surface area (Å²) in [6.07, 6.45) is 0. The van der Waals surface area contributed by atoms with Gasteiger partial charge in [0, 0.05) is 49.6 Å². The molecule has 0 bridgehead atoms. The molecular formula is C43H28N4O. The van der Waals surface area contributed by atoms with Gasteiger partial charge in [0.15, 0.2) is 17.5 Å². The van der Waals surface area contributed by atoms with Crippen LogP contribution >= 0.6 is 0 Å². The monoisotopic (exact) mass is 616 g/mol. The Morgan fingerprint density at radius 1 is 0.417 bits per heavy atom. The molecule has 0 aliphatic heterocycles. The fourth-order valence-corrected chi connectivity index (χ4v) is 6.50. The van der Waals surface area contributed by atoms with Crippen molar-refractivity contribution < 1.29 is 4.42 Å². The Kier molecular flexibility index (Phi) is 6.72. The van der Waals surface area contributed by atoms with E-state index >= 15 is 0 Å². The zero-order valence-corrected chi connectivity index (χ0v) is 25.9. The van der Waals surface area contributed by atoms with E-state index in [1.165, 1.54) is 0 Å². The van der Waals surface area contributed by atoms with E-state index < -0.39 is 0 Å². The zero-order valence-electron chi connectivity index (χ0n) is 25.9. The van der Waals surface area contributed by atoms with E-state index in [9.17, 15) is 0 Å². The maximum Gasteiger partial charge on any atom is 0.164 e. The second-order valence-corrected chi connectivity index (χ2v) is 11.6. The fourth-order valence-electron chi connectivity index (χ4n) is 6.50. The molecule has 0 amide bonds. The zero-order chi connectivity index (χ0) is 31.9. The minimum atomic E-state index is 0.582. The fraction of sp³-hybridized carbons (Fsp3) is 0. The molecule has 0 unspecified atom stereocenters. The first-order chi connectivity index (χ1) is 23.8. The van der Waals surface area contributed by atoms with Crippen LogP contribution in [0.2, 0.25) is 0 Å². The van der Waals surface area contributed by atoms with Crippen molar-refractivity contribution in [2.75, 3.05) is 4.90 Å². The van der Waals surface area contributed by atoms with Crippen molar-refractivity contribution in [2.24, 2.45) is 0 Å². The molecule has 9 rings (SSSR count). The highest BCUT2D eigenvalue weighted by Crippen LogP contribution is 2.46. The molecule has 48 heavy (non-hydrogen) atoms. The molecule has 0 N–H and O–H groups in total. The van der Waals surface area contributed by atoms with Crippen molar-refractivity contribution in [1.82, 2.24) is 15.0 Å². The number of hydrogen-bond acceptors (Lipinski definition) is 5. The summed E-state index contributed by atoms with van der Waals surface area (Å²) in [5.74, 6) is 1.81. The number of fused-ring (bicyclic) bond motifs is 5. The number of aromatic nitrogens is 3. The number of hydrogen-bond donors (Lipinski definition) is 0. The summed E-state index contributed by atoms with van der Waals surface area (Å²) in [7, 11) is 0. The van der Waals surface area contributed by atoms with Crippen molar-refractivity contribution in [3.63, 3.8) is 0 Å². The number of furan rings is 1. The minimum absolute atomic E-state index is 0.582. The van der Waals surface area contributed by atoms with Crippen LogP contribution < -0.4 is 4.90 Å². The van der Waals surface area contributed by atoms with Gasteiger partial charge in [0.2, 0.25) is 0 Å². The first kappa shape index (κ1) is 27.7. The van der Waals surface area contributed by atoms with E-state index in [1.54, 1.807) is 0 Å². The van der Waals surface area contributed by atoms with Crippen molar-refractivity contribution in [3.8, 4) is 34.2 Å². The molecule has 0 aliphatic carbocycles. The Morgan fingerprint density at radius 2 is 0.917 bits per heavy atom. The van der Waals surface area contributed by atoms with E-state index in [0.29, 0.717) is 17.5 Å². The Hall–Kier alpha value is -6.59. The lowest BCUT2D eigenvalue weighted by Gasteiger charge is -2.27. The molecule has 5 nitrogen and oxygen atoms in total. The number of rotatable bonds is 6. The van der Waals surface area contributed by atoms with Crippen molar-refractivity contribution >= 4 is 49.8 Å². The molecule has 0 saturated heterocycles. The van der Waals surface area contributed by atoms with E-state index in [2.05, 4.69) is 89.8 Å². The summed E-state index contributed by atoms with van der Waals surface area (Å²) < 4.78 is 6.71. The first-order valence-electron chi connectivity index (χ1n) is 16.0. The molecule has 0 spiro atoms. The SMILES string of the molecule is c1ccc(-c2nc(-c3ccccc3)nc(-c3cccc4c(N(c5ccccc5)c5ccccc5)cc5c6ccccc6oc5c34)n2)cc1. The Bertz CT molecular complexity index is 2450. The topological polar surface area (TPSA) is 55.1 Å². The maximum absolute atomic E-state index is 6.71. The van der Waals surface area contributed by atoms with Gasteiger partial charge < -0.3 is 9.32 Å². The highest BCUT2D eigenvalue weighted by molar-refractivity contribution is 6.23. The van der Waals surface area contributed by atoms with Gasteiger partial charge in [-0.3, -0.25) is 0 Å². The normalized spacial score (nSPS) is 11.3. The summed E-state index contributed by atoms with van der Waals surface area (Å²) in [6, 6.07) is 57.9. The molecule has 0 fully saturated rings. The van der Waals surface area contributed by atoms with Crippen LogP contribution in [-0.4, -0.2) is 15.0 Å². The quantitative estimate of drug-likeness (QED) is 0.186. The second-order valence-electron chi connectivity index (χ2n) is 11.6. The second kappa shape index (κ2) is 11.6. The summed E-state index contributed by atoms with van der Waals surface area (Å²) >= 11 is 0. The van der Waals surface area contributed by atoms with E-state index in [-0.39, 0.29) is 0 Å². The molecule has 0 saturated carbocycles. The molecule has 226 valence electrons. The molecule has 2 heterocycles. The van der Waals surface area contributed by atoms with Crippen LogP contribution in [0.5, 0.6) is 0 Å². The number of anilines is 3. The lowest BCUT2D eigenvalue weighted by atomic mass is 9.97. The van der Waals surface area contributed by atoms with E-state index in [1.807, 2.05) is 84.9 Å². The largest absolute Gasteiger partial charge is 0.455 e. The van der Waals surface area contributed by atoms with Crippen LogP contribution in [0, 0.1) is 0 Å². The van der Waals surface area contributed by atoms with E-state index in [4.69, 9.17) is 19.4 Å². The summed E-state index contributed by atoms with van der Waals surface area (Å²) in [5, 5.41) is 4.05. The molecule has 9 aromatic rings.